The van der Waals surface area contributed by atoms with Gasteiger partial charge in [-0.3, -0.25) is 9.69 Å². The summed E-state index contributed by atoms with van der Waals surface area (Å²) in [5.74, 6) is 2.75. The van der Waals surface area contributed by atoms with Crippen LogP contribution in [0.15, 0.2) is 42.5 Å². The van der Waals surface area contributed by atoms with Crippen LogP contribution in [0.4, 0.5) is 5.69 Å². The van der Waals surface area contributed by atoms with Crippen molar-refractivity contribution < 1.29 is 23.7 Å². The van der Waals surface area contributed by atoms with Gasteiger partial charge in [0.15, 0.2) is 17.6 Å². The molecule has 1 amide bonds. The van der Waals surface area contributed by atoms with Crippen LogP contribution in [-0.2, 0) is 9.53 Å². The smallest absolute Gasteiger partial charge is 0.268 e. The molecule has 0 radical (unpaired) electrons. The maximum Gasteiger partial charge on any atom is 0.268 e. The van der Waals surface area contributed by atoms with Crippen LogP contribution in [0.25, 0.3) is 0 Å². The number of morpholine rings is 1. The molecule has 7 heteroatoms. The molecule has 1 aliphatic carbocycles. The van der Waals surface area contributed by atoms with Crippen molar-refractivity contribution in [3.63, 3.8) is 0 Å². The Balaban J connectivity index is 1.18. The highest BCUT2D eigenvalue weighted by Crippen LogP contribution is 2.40. The molecule has 33 heavy (non-hydrogen) atoms. The van der Waals surface area contributed by atoms with Crippen molar-refractivity contribution in [2.75, 3.05) is 58.0 Å². The highest BCUT2D eigenvalue weighted by molar-refractivity contribution is 5.99. The van der Waals surface area contributed by atoms with E-state index in [0.29, 0.717) is 37.0 Å². The molecule has 2 aliphatic heterocycles. The van der Waals surface area contributed by atoms with Gasteiger partial charge in [-0.1, -0.05) is 12.1 Å². The van der Waals surface area contributed by atoms with Crippen molar-refractivity contribution in [1.29, 1.82) is 0 Å². The van der Waals surface area contributed by atoms with Gasteiger partial charge in [-0.15, -0.1) is 0 Å². The molecule has 5 rings (SSSR count). The van der Waals surface area contributed by atoms with E-state index in [4.69, 9.17) is 18.9 Å². The lowest BCUT2D eigenvalue weighted by molar-refractivity contribution is -0.122. The van der Waals surface area contributed by atoms with E-state index in [1.165, 1.54) is 18.4 Å². The molecule has 176 valence electrons. The Bertz CT molecular complexity index is 954. The van der Waals surface area contributed by atoms with Crippen LogP contribution in [0.3, 0.4) is 0 Å². The standard InChI is InChI=1S/C26H32N2O5/c1-30-25-18-21(6-9-23(25)32-17-14-27-12-15-31-16-13-27)28-11-10-24(26(28)29)33-22-7-4-20(5-8-22)19-2-3-19/h4-9,18-19,24H,2-3,10-17H2,1H3/t24-/m0/s1. The van der Waals surface area contributed by atoms with Gasteiger partial charge in [-0.2, -0.15) is 0 Å². The van der Waals surface area contributed by atoms with Crippen molar-refractivity contribution in [1.82, 2.24) is 4.90 Å². The van der Waals surface area contributed by atoms with E-state index in [1.807, 2.05) is 30.3 Å². The Morgan fingerprint density at radius 1 is 0.970 bits per heavy atom. The van der Waals surface area contributed by atoms with E-state index in [0.717, 1.165) is 44.3 Å². The predicted molar refractivity (Wildman–Crippen MR) is 126 cm³/mol. The van der Waals surface area contributed by atoms with E-state index in [2.05, 4.69) is 17.0 Å². The van der Waals surface area contributed by atoms with Crippen LogP contribution in [0.1, 0.15) is 30.7 Å². The lowest BCUT2D eigenvalue weighted by atomic mass is 10.1. The second-order valence-electron chi connectivity index (χ2n) is 8.87. The minimum atomic E-state index is -0.466. The predicted octanol–water partition coefficient (Wildman–Crippen LogP) is 3.47. The molecule has 0 N–H and O–H groups in total. The Labute approximate surface area is 195 Å². The molecule has 7 nitrogen and oxygen atoms in total. The molecular weight excluding hydrogens is 420 g/mol. The lowest BCUT2D eigenvalue weighted by Crippen LogP contribution is -2.38. The number of hydrogen-bond acceptors (Lipinski definition) is 6. The molecule has 1 atom stereocenters. The third-order valence-electron chi connectivity index (χ3n) is 6.59. The van der Waals surface area contributed by atoms with Gasteiger partial charge in [0, 0.05) is 44.4 Å². The summed E-state index contributed by atoms with van der Waals surface area (Å²) in [6.07, 6.45) is 2.74. The molecule has 2 aromatic carbocycles. The van der Waals surface area contributed by atoms with Crippen molar-refractivity contribution in [2.24, 2.45) is 0 Å². The zero-order valence-corrected chi connectivity index (χ0v) is 19.2. The Kier molecular flexibility index (Phi) is 6.69. The molecule has 0 bridgehead atoms. The Morgan fingerprint density at radius 3 is 2.48 bits per heavy atom. The summed E-state index contributed by atoms with van der Waals surface area (Å²) >= 11 is 0. The highest BCUT2D eigenvalue weighted by atomic mass is 16.5. The van der Waals surface area contributed by atoms with Gasteiger partial charge >= 0.3 is 0 Å². The van der Waals surface area contributed by atoms with E-state index in [1.54, 1.807) is 12.0 Å². The first-order valence-corrected chi connectivity index (χ1v) is 11.9. The number of carbonyl (C=O) groups is 1. The second kappa shape index (κ2) is 10.0. The number of benzene rings is 2. The first-order valence-electron chi connectivity index (χ1n) is 11.9. The fourth-order valence-electron chi connectivity index (χ4n) is 4.47. The first kappa shape index (κ1) is 22.0. The third kappa shape index (κ3) is 5.25. The average Bonchev–Trinajstić information content (AvgIpc) is 3.64. The molecule has 1 saturated carbocycles. The van der Waals surface area contributed by atoms with Gasteiger partial charge in [0.05, 0.1) is 20.3 Å². The summed E-state index contributed by atoms with van der Waals surface area (Å²) in [7, 11) is 1.62. The number of hydrogen-bond donors (Lipinski definition) is 0. The number of nitrogens with zero attached hydrogens (tertiary/aromatic N) is 2. The summed E-state index contributed by atoms with van der Waals surface area (Å²) in [6.45, 7) is 5.46. The van der Waals surface area contributed by atoms with Gasteiger partial charge in [0.1, 0.15) is 12.4 Å². The fourth-order valence-corrected chi connectivity index (χ4v) is 4.47. The van der Waals surface area contributed by atoms with E-state index in [-0.39, 0.29) is 5.91 Å². The number of rotatable bonds is 9. The number of anilines is 1. The topological polar surface area (TPSA) is 60.5 Å². The minimum absolute atomic E-state index is 0.0238. The molecule has 3 aliphatic rings. The largest absolute Gasteiger partial charge is 0.493 e. The van der Waals surface area contributed by atoms with Crippen molar-refractivity contribution in [2.45, 2.75) is 31.3 Å². The van der Waals surface area contributed by atoms with E-state index in [9.17, 15) is 4.79 Å². The zero-order chi connectivity index (χ0) is 22.6. The summed E-state index contributed by atoms with van der Waals surface area (Å²) in [5, 5.41) is 0. The summed E-state index contributed by atoms with van der Waals surface area (Å²) in [4.78, 5) is 17.1. The number of amides is 1. The van der Waals surface area contributed by atoms with Gasteiger partial charge in [0.2, 0.25) is 0 Å². The molecule has 2 heterocycles. The SMILES string of the molecule is COc1cc(N2CC[C@H](Oc3ccc(C4CC4)cc3)C2=O)ccc1OCCN1CCOCC1. The van der Waals surface area contributed by atoms with Gasteiger partial charge in [0.25, 0.3) is 5.91 Å². The van der Waals surface area contributed by atoms with Gasteiger partial charge < -0.3 is 23.8 Å². The summed E-state index contributed by atoms with van der Waals surface area (Å²) in [5.41, 5.74) is 2.16. The van der Waals surface area contributed by atoms with Crippen LogP contribution in [-0.4, -0.2) is 70.0 Å². The zero-order valence-electron chi connectivity index (χ0n) is 19.2. The van der Waals surface area contributed by atoms with Crippen LogP contribution in [0, 0.1) is 0 Å². The Hall–Kier alpha value is -2.77. The second-order valence-corrected chi connectivity index (χ2v) is 8.87. The van der Waals surface area contributed by atoms with E-state index >= 15 is 0 Å². The lowest BCUT2D eigenvalue weighted by Gasteiger charge is -2.26. The molecule has 2 saturated heterocycles. The normalized spacial score (nSPS) is 21.3. The quantitative estimate of drug-likeness (QED) is 0.581. The molecule has 0 aromatic heterocycles. The minimum Gasteiger partial charge on any atom is -0.493 e. The first-order chi connectivity index (χ1) is 16.2. The van der Waals surface area contributed by atoms with Crippen molar-refractivity contribution in [3.05, 3.63) is 48.0 Å². The van der Waals surface area contributed by atoms with Crippen molar-refractivity contribution >= 4 is 11.6 Å². The molecule has 0 unspecified atom stereocenters. The van der Waals surface area contributed by atoms with Gasteiger partial charge in [-0.05, 0) is 48.6 Å². The molecular formula is C26H32N2O5. The average molecular weight is 453 g/mol. The highest BCUT2D eigenvalue weighted by Gasteiger charge is 2.35. The van der Waals surface area contributed by atoms with Crippen LogP contribution >= 0.6 is 0 Å². The fraction of sp³-hybridized carbons (Fsp3) is 0.500. The molecule has 3 fully saturated rings. The number of methoxy groups -OCH3 is 1. The van der Waals surface area contributed by atoms with Crippen LogP contribution in [0.5, 0.6) is 17.2 Å². The number of carbonyl (C=O) groups excluding carboxylic acids is 1. The maximum absolute atomic E-state index is 13.0. The van der Waals surface area contributed by atoms with Crippen LogP contribution < -0.4 is 19.1 Å². The van der Waals surface area contributed by atoms with Crippen molar-refractivity contribution in [3.8, 4) is 17.2 Å². The van der Waals surface area contributed by atoms with E-state index < -0.39 is 6.10 Å². The Morgan fingerprint density at radius 2 is 1.76 bits per heavy atom. The molecule has 0 spiro atoms. The summed E-state index contributed by atoms with van der Waals surface area (Å²) in [6, 6.07) is 13.9. The van der Waals surface area contributed by atoms with Gasteiger partial charge in [-0.25, -0.2) is 0 Å². The monoisotopic (exact) mass is 452 g/mol. The van der Waals surface area contributed by atoms with Crippen LogP contribution in [0.2, 0.25) is 0 Å². The third-order valence-corrected chi connectivity index (χ3v) is 6.59. The summed E-state index contributed by atoms with van der Waals surface area (Å²) < 4.78 is 22.9. The number of ether oxygens (including phenoxy) is 4. The molecule has 2 aromatic rings. The maximum atomic E-state index is 13.0.